The van der Waals surface area contributed by atoms with Crippen molar-refractivity contribution in [3.63, 3.8) is 0 Å². The van der Waals surface area contributed by atoms with Crippen LogP contribution in [-0.4, -0.2) is 20.6 Å². The predicted molar refractivity (Wildman–Crippen MR) is 30.2 cm³/mol. The molecular weight excluding hydrogens is 136 g/mol. The van der Waals surface area contributed by atoms with E-state index in [1.165, 1.54) is 6.20 Å². The Morgan fingerprint density at radius 3 is 3.30 bits per heavy atom. The number of aromatic nitrogens is 4. The topological polar surface area (TPSA) is 84.7 Å². The summed E-state index contributed by atoms with van der Waals surface area (Å²) in [6, 6.07) is 0. The van der Waals surface area contributed by atoms with Crippen LogP contribution in [0, 0.1) is 0 Å². The van der Waals surface area contributed by atoms with Gasteiger partial charge < -0.3 is 4.52 Å². The van der Waals surface area contributed by atoms with E-state index < -0.39 is 0 Å². The van der Waals surface area contributed by atoms with E-state index in [9.17, 15) is 4.79 Å². The second kappa shape index (κ2) is 1.63. The normalized spacial score (nSPS) is 10.4. The fourth-order valence-corrected chi connectivity index (χ4v) is 0.637. The molecule has 1 N–H and O–H groups in total. The minimum atomic E-state index is -0.341. The Hall–Kier alpha value is -1.72. The Balaban J connectivity index is 3.09. The molecule has 0 amide bonds. The molecule has 0 bridgehead atoms. The first-order valence-electron chi connectivity index (χ1n) is 2.53. The molecule has 0 aliphatic heterocycles. The molecule has 0 saturated carbocycles. The molecule has 2 rings (SSSR count). The molecule has 0 aromatic carbocycles. The van der Waals surface area contributed by atoms with E-state index in [-0.39, 0.29) is 11.3 Å². The van der Waals surface area contributed by atoms with Crippen LogP contribution in [0.5, 0.6) is 0 Å². The zero-order valence-electron chi connectivity index (χ0n) is 4.74. The van der Waals surface area contributed by atoms with Gasteiger partial charge in [0.05, 0.1) is 6.20 Å². The first kappa shape index (κ1) is 5.10. The summed E-state index contributed by atoms with van der Waals surface area (Å²) in [6.45, 7) is 0. The lowest BCUT2D eigenvalue weighted by Crippen LogP contribution is -2.07. The third kappa shape index (κ3) is 0.524. The van der Waals surface area contributed by atoms with E-state index in [0.717, 1.165) is 0 Å². The molecule has 0 aliphatic rings. The second-order valence-corrected chi connectivity index (χ2v) is 1.69. The van der Waals surface area contributed by atoms with Gasteiger partial charge in [0, 0.05) is 0 Å². The van der Waals surface area contributed by atoms with Crippen molar-refractivity contribution in [3.8, 4) is 0 Å². The van der Waals surface area contributed by atoms with Gasteiger partial charge in [-0.3, -0.25) is 4.79 Å². The first-order valence-corrected chi connectivity index (χ1v) is 2.53. The number of aromatic amines is 1. The number of rotatable bonds is 0. The van der Waals surface area contributed by atoms with Gasteiger partial charge in [-0.15, -0.1) is 0 Å². The summed E-state index contributed by atoms with van der Waals surface area (Å²) >= 11 is 0. The molecule has 2 aromatic heterocycles. The molecule has 0 aliphatic carbocycles. The van der Waals surface area contributed by atoms with Gasteiger partial charge >= 0.3 is 0 Å². The average Bonchev–Trinajstić information content (AvgIpc) is 2.36. The van der Waals surface area contributed by atoms with Crippen LogP contribution in [0.1, 0.15) is 0 Å². The van der Waals surface area contributed by atoms with Crippen molar-refractivity contribution in [2.24, 2.45) is 0 Å². The van der Waals surface area contributed by atoms with Crippen molar-refractivity contribution >= 4 is 11.1 Å². The van der Waals surface area contributed by atoms with Crippen molar-refractivity contribution in [3.05, 3.63) is 16.6 Å². The molecule has 0 atom stereocenters. The van der Waals surface area contributed by atoms with Gasteiger partial charge in [-0.1, -0.05) is 15.5 Å². The molecule has 0 saturated heterocycles. The largest absolute Gasteiger partial charge is 0.334 e. The molecular formula is C4H2N4O2. The van der Waals surface area contributed by atoms with Gasteiger partial charge in [-0.2, -0.15) is 0 Å². The van der Waals surface area contributed by atoms with E-state index in [0.29, 0.717) is 5.39 Å². The Labute approximate surface area is 53.8 Å². The minimum absolute atomic E-state index is 0.156. The van der Waals surface area contributed by atoms with Crippen molar-refractivity contribution in [1.29, 1.82) is 0 Å². The van der Waals surface area contributed by atoms with Crippen molar-refractivity contribution in [1.82, 2.24) is 20.6 Å². The smallest absolute Gasteiger partial charge is 0.283 e. The van der Waals surface area contributed by atoms with Crippen LogP contribution in [0.25, 0.3) is 11.1 Å². The average molecular weight is 138 g/mol. The summed E-state index contributed by atoms with van der Waals surface area (Å²) in [5, 5.41) is 12.6. The Kier molecular flexibility index (Phi) is 0.830. The summed E-state index contributed by atoms with van der Waals surface area (Å²) in [5.74, 6) is 0. The summed E-state index contributed by atoms with van der Waals surface area (Å²) in [6.07, 6.45) is 1.29. The summed E-state index contributed by atoms with van der Waals surface area (Å²) in [5.41, 5.74) is -0.185. The molecule has 0 fully saturated rings. The third-order valence-corrected chi connectivity index (χ3v) is 1.09. The molecule has 50 valence electrons. The maximum absolute atomic E-state index is 10.8. The molecule has 10 heavy (non-hydrogen) atoms. The Morgan fingerprint density at radius 1 is 1.60 bits per heavy atom. The van der Waals surface area contributed by atoms with E-state index in [2.05, 4.69) is 25.1 Å². The van der Waals surface area contributed by atoms with Gasteiger partial charge in [-0.25, -0.2) is 5.10 Å². The highest BCUT2D eigenvalue weighted by molar-refractivity contribution is 5.68. The summed E-state index contributed by atoms with van der Waals surface area (Å²) in [4.78, 5) is 10.8. The lowest BCUT2D eigenvalue weighted by molar-refractivity contribution is 0.444. The predicted octanol–water partition coefficient (Wildman–Crippen LogP) is -0.694. The molecule has 0 radical (unpaired) electrons. The zero-order chi connectivity index (χ0) is 6.97. The highest BCUT2D eigenvalue weighted by Gasteiger charge is 2.01. The van der Waals surface area contributed by atoms with Gasteiger partial charge in [0.15, 0.2) is 0 Å². The maximum atomic E-state index is 10.8. The van der Waals surface area contributed by atoms with E-state index in [1.54, 1.807) is 0 Å². The SMILES string of the molecule is O=c1[nH]nnc2oncc12. The van der Waals surface area contributed by atoms with Crippen molar-refractivity contribution < 1.29 is 4.52 Å². The number of hydrogen-bond acceptors (Lipinski definition) is 5. The second-order valence-electron chi connectivity index (χ2n) is 1.69. The minimum Gasteiger partial charge on any atom is -0.334 e. The maximum Gasteiger partial charge on any atom is 0.283 e. The molecule has 2 aromatic rings. The van der Waals surface area contributed by atoms with Crippen LogP contribution in [0.2, 0.25) is 0 Å². The molecule has 0 unspecified atom stereocenters. The number of fused-ring (bicyclic) bond motifs is 1. The molecule has 6 nitrogen and oxygen atoms in total. The van der Waals surface area contributed by atoms with Gasteiger partial charge in [0.1, 0.15) is 5.39 Å². The monoisotopic (exact) mass is 138 g/mol. The van der Waals surface area contributed by atoms with E-state index in [1.807, 2.05) is 0 Å². The highest BCUT2D eigenvalue weighted by Crippen LogP contribution is 1.99. The van der Waals surface area contributed by atoms with Crippen LogP contribution in [-0.2, 0) is 0 Å². The van der Waals surface area contributed by atoms with Gasteiger partial charge in [0.25, 0.3) is 11.3 Å². The molecule has 2 heterocycles. The van der Waals surface area contributed by atoms with Crippen LogP contribution >= 0.6 is 0 Å². The first-order chi connectivity index (χ1) is 4.88. The fraction of sp³-hybridized carbons (Fsp3) is 0. The van der Waals surface area contributed by atoms with Gasteiger partial charge in [-0.05, 0) is 0 Å². The van der Waals surface area contributed by atoms with Crippen LogP contribution in [0.15, 0.2) is 15.5 Å². The van der Waals surface area contributed by atoms with Crippen LogP contribution in [0.4, 0.5) is 0 Å². The zero-order valence-corrected chi connectivity index (χ0v) is 4.74. The quantitative estimate of drug-likeness (QED) is 0.520. The lowest BCUT2D eigenvalue weighted by atomic mass is 10.5. The third-order valence-electron chi connectivity index (χ3n) is 1.09. The summed E-state index contributed by atoms with van der Waals surface area (Å²) in [7, 11) is 0. The van der Waals surface area contributed by atoms with Crippen LogP contribution < -0.4 is 5.56 Å². The molecule has 0 spiro atoms. The number of nitrogens with zero attached hydrogens (tertiary/aromatic N) is 3. The Morgan fingerprint density at radius 2 is 2.50 bits per heavy atom. The number of nitrogens with one attached hydrogen (secondary N) is 1. The highest BCUT2D eigenvalue weighted by atomic mass is 16.5. The van der Waals surface area contributed by atoms with E-state index >= 15 is 0 Å². The van der Waals surface area contributed by atoms with E-state index in [4.69, 9.17) is 0 Å². The lowest BCUT2D eigenvalue weighted by Gasteiger charge is -1.78. The number of hydrogen-bond donors (Lipinski definition) is 1. The fourth-order valence-electron chi connectivity index (χ4n) is 0.637. The summed E-state index contributed by atoms with van der Waals surface area (Å²) < 4.78 is 4.56. The van der Waals surface area contributed by atoms with Crippen molar-refractivity contribution in [2.75, 3.05) is 0 Å². The van der Waals surface area contributed by atoms with Crippen LogP contribution in [0.3, 0.4) is 0 Å². The Bertz CT molecular complexity index is 403. The molecule has 6 heteroatoms. The van der Waals surface area contributed by atoms with Crippen molar-refractivity contribution in [2.45, 2.75) is 0 Å². The van der Waals surface area contributed by atoms with Gasteiger partial charge in [0.2, 0.25) is 0 Å². The number of H-pyrrole nitrogens is 1. The standard InChI is InChI=1S/C4H2N4O2/c9-3-2-1-5-10-4(2)7-8-6-3/h1H,(H,6,7,9).